The third kappa shape index (κ3) is 5.63. The molecule has 1 aromatic heterocycles. The lowest BCUT2D eigenvalue weighted by atomic mass is 10.0. The third-order valence-corrected chi connectivity index (χ3v) is 6.71. The molecule has 1 N–H and O–H groups in total. The van der Waals surface area contributed by atoms with Crippen LogP contribution in [0.15, 0.2) is 103 Å². The average Bonchev–Trinajstić information content (AvgIpc) is 2.96. The lowest BCUT2D eigenvalue weighted by Gasteiger charge is -2.19. The molecule has 0 fully saturated rings. The van der Waals surface area contributed by atoms with Crippen LogP contribution in [0.5, 0.6) is 0 Å². The number of rotatable bonds is 7. The van der Waals surface area contributed by atoms with Gasteiger partial charge in [-0.1, -0.05) is 89.9 Å². The van der Waals surface area contributed by atoms with Crippen molar-refractivity contribution in [1.82, 2.24) is 4.98 Å². The number of ether oxygens (including phenoxy) is 1. The molecule has 0 saturated heterocycles. The van der Waals surface area contributed by atoms with Gasteiger partial charge in [0.2, 0.25) is 6.10 Å². The fourth-order valence-corrected chi connectivity index (χ4v) is 4.58. The number of aromatic nitrogens is 1. The van der Waals surface area contributed by atoms with E-state index in [1.807, 2.05) is 6.07 Å². The molecule has 5 rings (SSSR count). The average molecular weight is 572 g/mol. The topological polar surface area (TPSA) is 111 Å². The number of hydrogen-bond donors (Lipinski definition) is 1. The van der Waals surface area contributed by atoms with E-state index in [9.17, 15) is 19.7 Å². The molecule has 1 amide bonds. The molecule has 4 aromatic carbocycles. The first-order chi connectivity index (χ1) is 19.3. The summed E-state index contributed by atoms with van der Waals surface area (Å²) < 4.78 is 5.82. The molecular formula is C30H19Cl2N3O5. The van der Waals surface area contributed by atoms with Crippen LogP contribution in [0, 0.1) is 10.1 Å². The molecule has 0 aliphatic heterocycles. The Bertz CT molecular complexity index is 1760. The van der Waals surface area contributed by atoms with Crippen LogP contribution in [-0.4, -0.2) is 21.8 Å². The van der Waals surface area contributed by atoms with E-state index in [0.717, 1.165) is 6.07 Å². The lowest BCUT2D eigenvalue weighted by Crippen LogP contribution is -2.26. The maximum Gasteiger partial charge on any atom is 0.340 e. The largest absolute Gasteiger partial charge is 0.444 e. The van der Waals surface area contributed by atoms with E-state index in [4.69, 9.17) is 27.9 Å². The highest BCUT2D eigenvalue weighted by Gasteiger charge is 2.28. The van der Waals surface area contributed by atoms with Crippen molar-refractivity contribution in [3.8, 4) is 11.3 Å². The molecule has 1 atom stereocenters. The summed E-state index contributed by atoms with van der Waals surface area (Å²) in [5.41, 5.74) is 1.98. The Morgan fingerprint density at radius 3 is 2.30 bits per heavy atom. The molecule has 1 heterocycles. The second kappa shape index (κ2) is 11.5. The van der Waals surface area contributed by atoms with E-state index in [1.54, 1.807) is 78.9 Å². The van der Waals surface area contributed by atoms with Crippen molar-refractivity contribution in [1.29, 1.82) is 0 Å². The van der Waals surface area contributed by atoms with Crippen LogP contribution >= 0.6 is 23.2 Å². The zero-order chi connectivity index (χ0) is 28.2. The normalized spacial score (nSPS) is 11.6. The van der Waals surface area contributed by atoms with Gasteiger partial charge in [0, 0.05) is 33.3 Å². The number of nitrogens with zero attached hydrogens (tertiary/aromatic N) is 2. The Morgan fingerprint density at radius 1 is 0.850 bits per heavy atom. The van der Waals surface area contributed by atoms with Crippen molar-refractivity contribution in [2.45, 2.75) is 6.10 Å². The van der Waals surface area contributed by atoms with E-state index in [1.165, 1.54) is 12.1 Å². The first-order valence-electron chi connectivity index (χ1n) is 12.0. The Balaban J connectivity index is 1.52. The third-order valence-electron chi connectivity index (χ3n) is 6.06. The fourth-order valence-electron chi connectivity index (χ4n) is 4.16. The Labute approximate surface area is 238 Å². The zero-order valence-corrected chi connectivity index (χ0v) is 22.1. The number of nitro groups is 1. The second-order valence-electron chi connectivity index (χ2n) is 8.66. The van der Waals surface area contributed by atoms with Crippen molar-refractivity contribution < 1.29 is 19.2 Å². The number of para-hydroxylation sites is 1. The molecule has 8 nitrogen and oxygen atoms in total. The van der Waals surface area contributed by atoms with Crippen LogP contribution in [0.25, 0.3) is 22.2 Å². The summed E-state index contributed by atoms with van der Waals surface area (Å²) in [5.74, 6) is -1.47. The summed E-state index contributed by atoms with van der Waals surface area (Å²) in [4.78, 5) is 42.4. The van der Waals surface area contributed by atoms with Gasteiger partial charge in [-0.25, -0.2) is 9.78 Å². The van der Waals surface area contributed by atoms with Crippen molar-refractivity contribution in [3.63, 3.8) is 0 Å². The zero-order valence-electron chi connectivity index (χ0n) is 20.6. The molecule has 40 heavy (non-hydrogen) atoms. The van der Waals surface area contributed by atoms with E-state index >= 15 is 0 Å². The summed E-state index contributed by atoms with van der Waals surface area (Å²) in [6.07, 6.45) is -1.38. The van der Waals surface area contributed by atoms with Crippen LogP contribution in [0.4, 0.5) is 11.4 Å². The van der Waals surface area contributed by atoms with Gasteiger partial charge < -0.3 is 10.1 Å². The summed E-state index contributed by atoms with van der Waals surface area (Å²) >= 11 is 12.3. The second-order valence-corrected chi connectivity index (χ2v) is 9.48. The number of anilines is 1. The van der Waals surface area contributed by atoms with Gasteiger partial charge in [0.05, 0.1) is 21.7 Å². The van der Waals surface area contributed by atoms with Gasteiger partial charge in [0.15, 0.2) is 0 Å². The number of amides is 1. The number of halogens is 2. The highest BCUT2D eigenvalue weighted by Crippen LogP contribution is 2.32. The smallest absolute Gasteiger partial charge is 0.340 e. The maximum absolute atomic E-state index is 13.7. The number of nitrogens with one attached hydrogen (secondary N) is 1. The van der Waals surface area contributed by atoms with Crippen LogP contribution in [0.2, 0.25) is 10.0 Å². The molecule has 0 spiro atoms. The van der Waals surface area contributed by atoms with E-state index in [0.29, 0.717) is 32.7 Å². The minimum atomic E-state index is -1.38. The Kier molecular flexibility index (Phi) is 7.72. The number of carbonyl (C=O) groups is 2. The molecule has 0 aliphatic carbocycles. The van der Waals surface area contributed by atoms with Crippen molar-refractivity contribution in [3.05, 3.63) is 134 Å². The monoisotopic (exact) mass is 571 g/mol. The summed E-state index contributed by atoms with van der Waals surface area (Å²) in [6.45, 7) is 0. The molecule has 198 valence electrons. The number of fused-ring (bicyclic) bond motifs is 1. The van der Waals surface area contributed by atoms with E-state index in [-0.39, 0.29) is 22.0 Å². The van der Waals surface area contributed by atoms with Crippen LogP contribution in [0.1, 0.15) is 22.0 Å². The van der Waals surface area contributed by atoms with Gasteiger partial charge >= 0.3 is 5.97 Å². The van der Waals surface area contributed by atoms with Crippen LogP contribution < -0.4 is 5.32 Å². The SMILES string of the molecule is O=C(OC(C(=O)Nc1ccc(Cl)c([N+](=O)[O-])c1)c1ccccc1)c1cc(-c2ccccc2Cl)nc2ccccc12. The first kappa shape index (κ1) is 26.8. The summed E-state index contributed by atoms with van der Waals surface area (Å²) in [5, 5.41) is 14.8. The molecule has 10 heteroatoms. The van der Waals surface area contributed by atoms with Gasteiger partial charge in [-0.2, -0.15) is 0 Å². The minimum absolute atomic E-state index is 0.0760. The van der Waals surface area contributed by atoms with Gasteiger partial charge in [0.25, 0.3) is 11.6 Å². The molecule has 5 aromatic rings. The van der Waals surface area contributed by atoms with Gasteiger partial charge in [-0.05, 0) is 30.3 Å². The first-order valence-corrected chi connectivity index (χ1v) is 12.7. The minimum Gasteiger partial charge on any atom is -0.444 e. The number of carbonyl (C=O) groups excluding carboxylic acids is 2. The Hall–Kier alpha value is -4.79. The van der Waals surface area contributed by atoms with E-state index < -0.39 is 22.9 Å². The van der Waals surface area contributed by atoms with Crippen molar-refractivity contribution in [2.75, 3.05) is 5.32 Å². The number of esters is 1. The molecule has 0 saturated carbocycles. The maximum atomic E-state index is 13.7. The van der Waals surface area contributed by atoms with Crippen molar-refractivity contribution in [2.24, 2.45) is 0 Å². The predicted molar refractivity (Wildman–Crippen MR) is 154 cm³/mol. The molecule has 1 unspecified atom stereocenters. The van der Waals surface area contributed by atoms with Crippen LogP contribution in [-0.2, 0) is 9.53 Å². The molecular weight excluding hydrogens is 553 g/mol. The fraction of sp³-hybridized carbons (Fsp3) is 0.0333. The van der Waals surface area contributed by atoms with Gasteiger partial charge in [-0.3, -0.25) is 14.9 Å². The van der Waals surface area contributed by atoms with Crippen molar-refractivity contribution >= 4 is 57.4 Å². The highest BCUT2D eigenvalue weighted by atomic mass is 35.5. The Morgan fingerprint density at radius 2 is 1.55 bits per heavy atom. The number of pyridine rings is 1. The number of nitro benzene ring substituents is 1. The molecule has 0 radical (unpaired) electrons. The summed E-state index contributed by atoms with van der Waals surface area (Å²) in [7, 11) is 0. The standard InChI is InChI=1S/C30H19Cl2N3O5/c31-23-12-6-4-11-21(23)26-17-22(20-10-5-7-13-25(20)34-26)30(37)40-28(18-8-2-1-3-9-18)29(36)33-19-14-15-24(32)27(16-19)35(38)39/h1-17,28H,(H,33,36). The highest BCUT2D eigenvalue weighted by molar-refractivity contribution is 6.33. The molecule has 0 bridgehead atoms. The predicted octanol–water partition coefficient (Wildman–Crippen LogP) is 7.65. The summed E-state index contributed by atoms with van der Waals surface area (Å²) in [6, 6.07) is 28.1. The number of benzene rings is 4. The quantitative estimate of drug-likeness (QED) is 0.122. The van der Waals surface area contributed by atoms with Gasteiger partial charge in [-0.15, -0.1) is 0 Å². The van der Waals surface area contributed by atoms with E-state index in [2.05, 4.69) is 10.3 Å². The van der Waals surface area contributed by atoms with Gasteiger partial charge in [0.1, 0.15) is 5.02 Å². The van der Waals surface area contributed by atoms with Crippen LogP contribution in [0.3, 0.4) is 0 Å². The molecule has 0 aliphatic rings. The lowest BCUT2D eigenvalue weighted by molar-refractivity contribution is -0.384. The number of hydrogen-bond acceptors (Lipinski definition) is 6.